The van der Waals surface area contributed by atoms with Crippen molar-refractivity contribution in [3.05, 3.63) is 0 Å². The first-order valence-corrected chi connectivity index (χ1v) is 8.29. The standard InChI is InChI=1S/C12H25N3O3S/c1-10(2)9-19(17,18)15-7-5-11(6-8-15)13-12(16)14(3)4/h10-11H,5-9H2,1-4H3,(H,13,16). The van der Waals surface area contributed by atoms with Crippen LogP contribution in [-0.4, -0.2) is 62.6 Å². The summed E-state index contributed by atoms with van der Waals surface area (Å²) < 4.78 is 25.7. The molecule has 0 radical (unpaired) electrons. The van der Waals surface area contributed by atoms with E-state index >= 15 is 0 Å². The molecule has 19 heavy (non-hydrogen) atoms. The van der Waals surface area contributed by atoms with Gasteiger partial charge in [0.25, 0.3) is 0 Å². The summed E-state index contributed by atoms with van der Waals surface area (Å²) in [4.78, 5) is 13.0. The minimum atomic E-state index is -3.14. The first-order chi connectivity index (χ1) is 8.72. The Morgan fingerprint density at radius 1 is 1.32 bits per heavy atom. The summed E-state index contributed by atoms with van der Waals surface area (Å²) in [7, 11) is 0.243. The van der Waals surface area contributed by atoms with Crippen LogP contribution in [0.4, 0.5) is 4.79 Å². The number of urea groups is 1. The van der Waals surface area contributed by atoms with Gasteiger partial charge in [-0.15, -0.1) is 0 Å². The Morgan fingerprint density at radius 2 is 1.84 bits per heavy atom. The second kappa shape index (κ2) is 6.56. The molecule has 1 fully saturated rings. The number of piperidine rings is 1. The molecule has 7 heteroatoms. The number of nitrogens with zero attached hydrogens (tertiary/aromatic N) is 2. The summed E-state index contributed by atoms with van der Waals surface area (Å²) in [6.45, 7) is 4.80. The number of hydrogen-bond donors (Lipinski definition) is 1. The average molecular weight is 291 g/mol. The molecule has 0 unspecified atom stereocenters. The highest BCUT2D eigenvalue weighted by atomic mass is 32.2. The SMILES string of the molecule is CC(C)CS(=O)(=O)N1CCC(NC(=O)N(C)C)CC1. The fraction of sp³-hybridized carbons (Fsp3) is 0.917. The highest BCUT2D eigenvalue weighted by molar-refractivity contribution is 7.89. The van der Waals surface area contributed by atoms with Crippen LogP contribution in [0.25, 0.3) is 0 Å². The van der Waals surface area contributed by atoms with Gasteiger partial charge in [0.15, 0.2) is 0 Å². The number of sulfonamides is 1. The molecular formula is C12H25N3O3S. The minimum Gasteiger partial charge on any atom is -0.335 e. The van der Waals surface area contributed by atoms with E-state index in [0.29, 0.717) is 25.9 Å². The molecule has 0 spiro atoms. The van der Waals surface area contributed by atoms with E-state index in [1.165, 1.54) is 4.90 Å². The van der Waals surface area contributed by atoms with E-state index in [1.807, 2.05) is 13.8 Å². The highest BCUT2D eigenvalue weighted by Crippen LogP contribution is 2.16. The zero-order chi connectivity index (χ0) is 14.6. The van der Waals surface area contributed by atoms with Crippen LogP contribution in [-0.2, 0) is 10.0 Å². The van der Waals surface area contributed by atoms with Gasteiger partial charge < -0.3 is 10.2 Å². The molecule has 0 atom stereocenters. The Bertz CT molecular complexity index is 398. The van der Waals surface area contributed by atoms with Gasteiger partial charge in [-0.25, -0.2) is 17.5 Å². The number of hydrogen-bond acceptors (Lipinski definition) is 3. The van der Waals surface area contributed by atoms with Gasteiger partial charge >= 0.3 is 6.03 Å². The number of rotatable bonds is 4. The van der Waals surface area contributed by atoms with Gasteiger partial charge in [0.05, 0.1) is 5.75 Å². The van der Waals surface area contributed by atoms with Gasteiger partial charge in [-0.2, -0.15) is 0 Å². The van der Waals surface area contributed by atoms with E-state index in [-0.39, 0.29) is 23.7 Å². The molecule has 1 aliphatic heterocycles. The Hall–Kier alpha value is -0.820. The topological polar surface area (TPSA) is 69.7 Å². The van der Waals surface area contributed by atoms with Crippen LogP contribution in [0.2, 0.25) is 0 Å². The summed E-state index contributed by atoms with van der Waals surface area (Å²) in [5, 5.41) is 2.90. The van der Waals surface area contributed by atoms with E-state index < -0.39 is 10.0 Å². The monoisotopic (exact) mass is 291 g/mol. The molecule has 0 aliphatic carbocycles. The van der Waals surface area contributed by atoms with Crippen LogP contribution >= 0.6 is 0 Å². The van der Waals surface area contributed by atoms with E-state index in [9.17, 15) is 13.2 Å². The van der Waals surface area contributed by atoms with Crippen molar-refractivity contribution in [2.75, 3.05) is 32.9 Å². The Kier molecular flexibility index (Phi) is 5.61. The predicted molar refractivity (Wildman–Crippen MR) is 75.4 cm³/mol. The summed E-state index contributed by atoms with van der Waals surface area (Å²) in [5.74, 6) is 0.331. The van der Waals surface area contributed by atoms with Crippen LogP contribution in [0.3, 0.4) is 0 Å². The smallest absolute Gasteiger partial charge is 0.317 e. The molecule has 0 bridgehead atoms. The van der Waals surface area contributed by atoms with Crippen LogP contribution in [0.1, 0.15) is 26.7 Å². The van der Waals surface area contributed by atoms with Crippen LogP contribution in [0.5, 0.6) is 0 Å². The van der Waals surface area contributed by atoms with E-state index in [0.717, 1.165) is 0 Å². The van der Waals surface area contributed by atoms with Gasteiger partial charge in [-0.1, -0.05) is 13.8 Å². The average Bonchev–Trinajstić information content (AvgIpc) is 2.27. The molecule has 0 aromatic heterocycles. The molecule has 1 saturated heterocycles. The summed E-state index contributed by atoms with van der Waals surface area (Å²) in [6, 6.07) is -0.0520. The van der Waals surface area contributed by atoms with Crippen LogP contribution in [0.15, 0.2) is 0 Å². The second-order valence-corrected chi connectivity index (χ2v) is 7.70. The van der Waals surface area contributed by atoms with Gasteiger partial charge in [-0.3, -0.25) is 0 Å². The first kappa shape index (κ1) is 16.2. The fourth-order valence-electron chi connectivity index (χ4n) is 2.11. The predicted octanol–water partition coefficient (Wildman–Crippen LogP) is 0.708. The molecule has 1 rings (SSSR count). The van der Waals surface area contributed by atoms with Crippen LogP contribution in [0, 0.1) is 5.92 Å². The lowest BCUT2D eigenvalue weighted by Crippen LogP contribution is -2.49. The molecule has 1 heterocycles. The molecular weight excluding hydrogens is 266 g/mol. The lowest BCUT2D eigenvalue weighted by molar-refractivity contribution is 0.205. The normalized spacial score (nSPS) is 18.6. The summed E-state index contributed by atoms with van der Waals surface area (Å²) >= 11 is 0. The van der Waals surface area contributed by atoms with Gasteiger partial charge in [-0.05, 0) is 18.8 Å². The highest BCUT2D eigenvalue weighted by Gasteiger charge is 2.29. The summed E-state index contributed by atoms with van der Waals surface area (Å²) in [5.41, 5.74) is 0. The largest absolute Gasteiger partial charge is 0.335 e. The Balaban J connectivity index is 2.47. The number of nitrogens with one attached hydrogen (secondary N) is 1. The lowest BCUT2D eigenvalue weighted by atomic mass is 10.1. The maximum atomic E-state index is 12.1. The number of carbonyl (C=O) groups is 1. The van der Waals surface area contributed by atoms with Crippen LogP contribution < -0.4 is 5.32 Å². The van der Waals surface area contributed by atoms with Crippen molar-refractivity contribution in [2.24, 2.45) is 5.92 Å². The van der Waals surface area contributed by atoms with Crippen molar-refractivity contribution in [3.8, 4) is 0 Å². The first-order valence-electron chi connectivity index (χ1n) is 6.68. The third-order valence-electron chi connectivity index (χ3n) is 3.13. The number of amides is 2. The molecule has 112 valence electrons. The maximum Gasteiger partial charge on any atom is 0.317 e. The third-order valence-corrected chi connectivity index (χ3v) is 5.36. The summed E-state index contributed by atoms with van der Waals surface area (Å²) in [6.07, 6.45) is 1.35. The zero-order valence-electron chi connectivity index (χ0n) is 12.2. The van der Waals surface area contributed by atoms with E-state index in [1.54, 1.807) is 18.4 Å². The quantitative estimate of drug-likeness (QED) is 0.829. The minimum absolute atomic E-state index is 0.0698. The van der Waals surface area contributed by atoms with Crippen molar-refractivity contribution in [1.82, 2.24) is 14.5 Å². The molecule has 0 saturated carbocycles. The molecule has 1 N–H and O–H groups in total. The van der Waals surface area contributed by atoms with Crippen molar-refractivity contribution in [2.45, 2.75) is 32.7 Å². The Morgan fingerprint density at radius 3 is 2.26 bits per heavy atom. The molecule has 0 aromatic carbocycles. The van der Waals surface area contributed by atoms with Crippen molar-refractivity contribution < 1.29 is 13.2 Å². The van der Waals surface area contributed by atoms with E-state index in [4.69, 9.17) is 0 Å². The fourth-order valence-corrected chi connectivity index (χ4v) is 3.93. The lowest BCUT2D eigenvalue weighted by Gasteiger charge is -2.32. The zero-order valence-corrected chi connectivity index (χ0v) is 13.0. The molecule has 1 aliphatic rings. The molecule has 0 aromatic rings. The second-order valence-electron chi connectivity index (χ2n) is 5.69. The molecule has 6 nitrogen and oxygen atoms in total. The van der Waals surface area contributed by atoms with E-state index in [2.05, 4.69) is 5.32 Å². The van der Waals surface area contributed by atoms with Crippen molar-refractivity contribution in [1.29, 1.82) is 0 Å². The Labute approximate surface area is 116 Å². The maximum absolute atomic E-state index is 12.1. The van der Waals surface area contributed by atoms with Crippen molar-refractivity contribution in [3.63, 3.8) is 0 Å². The van der Waals surface area contributed by atoms with Crippen molar-refractivity contribution >= 4 is 16.1 Å². The number of carbonyl (C=O) groups excluding carboxylic acids is 1. The van der Waals surface area contributed by atoms with Gasteiger partial charge in [0.1, 0.15) is 0 Å². The third kappa shape index (κ3) is 4.99. The van der Waals surface area contributed by atoms with Gasteiger partial charge in [0, 0.05) is 33.2 Å². The molecule has 2 amide bonds. The van der Waals surface area contributed by atoms with Gasteiger partial charge in [0.2, 0.25) is 10.0 Å².